The fourth-order valence-corrected chi connectivity index (χ4v) is 1.45. The van der Waals surface area contributed by atoms with Crippen LogP contribution in [-0.2, 0) is 11.3 Å². The molecule has 0 aliphatic heterocycles. The van der Waals surface area contributed by atoms with E-state index >= 15 is 0 Å². The highest BCUT2D eigenvalue weighted by molar-refractivity contribution is 5.84. The van der Waals surface area contributed by atoms with Crippen molar-refractivity contribution in [3.8, 4) is 0 Å². The summed E-state index contributed by atoms with van der Waals surface area (Å²) in [6, 6.07) is 8.19. The first kappa shape index (κ1) is 15.5. The molecule has 19 heavy (non-hydrogen) atoms. The minimum absolute atomic E-state index is 0.430. The number of rotatable bonds is 4. The lowest BCUT2D eigenvalue weighted by molar-refractivity contribution is 0.0636. The number of ether oxygens (including phenoxy) is 1. The van der Waals surface area contributed by atoms with Crippen LogP contribution in [0.25, 0.3) is 0 Å². The number of carbonyl (C=O) groups excluding carboxylic acids is 1. The molecule has 4 heteroatoms. The predicted octanol–water partition coefficient (Wildman–Crippen LogP) is 3.53. The van der Waals surface area contributed by atoms with Gasteiger partial charge in [-0.05, 0) is 38.5 Å². The van der Waals surface area contributed by atoms with Crippen LogP contribution in [0.15, 0.2) is 24.3 Å². The minimum Gasteiger partial charge on any atom is -0.444 e. The number of carbonyl (C=O) groups is 1. The molecule has 0 bridgehead atoms. The van der Waals surface area contributed by atoms with Gasteiger partial charge in [0.15, 0.2) is 0 Å². The van der Waals surface area contributed by atoms with Crippen LogP contribution in [0.3, 0.4) is 0 Å². The molecule has 0 spiro atoms. The Morgan fingerprint density at radius 1 is 1.21 bits per heavy atom. The third-order valence-corrected chi connectivity index (χ3v) is 2.31. The Morgan fingerprint density at radius 3 is 2.26 bits per heavy atom. The SMILES string of the molecule is CC(C)NCc1ccc(NC(=O)OC(C)(C)C)cc1. The first-order chi connectivity index (χ1) is 8.76. The van der Waals surface area contributed by atoms with Crippen molar-refractivity contribution in [2.75, 3.05) is 5.32 Å². The minimum atomic E-state index is -0.481. The molecule has 4 nitrogen and oxygen atoms in total. The third-order valence-electron chi connectivity index (χ3n) is 2.31. The zero-order chi connectivity index (χ0) is 14.5. The van der Waals surface area contributed by atoms with Gasteiger partial charge >= 0.3 is 6.09 Å². The summed E-state index contributed by atoms with van der Waals surface area (Å²) in [6.45, 7) is 10.6. The third kappa shape index (κ3) is 6.82. The Morgan fingerprint density at radius 2 is 1.79 bits per heavy atom. The van der Waals surface area contributed by atoms with E-state index in [1.807, 2.05) is 45.0 Å². The maximum absolute atomic E-state index is 11.6. The van der Waals surface area contributed by atoms with Gasteiger partial charge in [0.05, 0.1) is 0 Å². The number of amides is 1. The molecule has 1 rings (SSSR count). The summed E-state index contributed by atoms with van der Waals surface area (Å²) in [7, 11) is 0. The van der Waals surface area contributed by atoms with Crippen molar-refractivity contribution in [1.82, 2.24) is 5.32 Å². The second-order valence-corrected chi connectivity index (χ2v) is 5.86. The summed E-state index contributed by atoms with van der Waals surface area (Å²) < 4.78 is 5.19. The lowest BCUT2D eigenvalue weighted by Gasteiger charge is -2.19. The lowest BCUT2D eigenvalue weighted by Crippen LogP contribution is -2.27. The van der Waals surface area contributed by atoms with E-state index in [1.54, 1.807) is 0 Å². The van der Waals surface area contributed by atoms with Gasteiger partial charge in [0.1, 0.15) is 5.60 Å². The summed E-state index contributed by atoms with van der Waals surface area (Å²) in [4.78, 5) is 11.6. The molecule has 1 amide bonds. The molecule has 2 N–H and O–H groups in total. The normalized spacial score (nSPS) is 11.5. The Bertz CT molecular complexity index is 405. The number of hydrogen-bond acceptors (Lipinski definition) is 3. The van der Waals surface area contributed by atoms with Crippen LogP contribution in [0.4, 0.5) is 10.5 Å². The van der Waals surface area contributed by atoms with Gasteiger partial charge in [-0.2, -0.15) is 0 Å². The molecule has 0 atom stereocenters. The fraction of sp³-hybridized carbons (Fsp3) is 0.533. The van der Waals surface area contributed by atoms with E-state index in [1.165, 1.54) is 5.56 Å². The van der Waals surface area contributed by atoms with Crippen LogP contribution >= 0.6 is 0 Å². The molecule has 0 aliphatic carbocycles. The molecule has 0 fully saturated rings. The maximum Gasteiger partial charge on any atom is 0.412 e. The number of hydrogen-bond donors (Lipinski definition) is 2. The molecule has 0 radical (unpaired) electrons. The number of anilines is 1. The zero-order valence-electron chi connectivity index (χ0n) is 12.4. The van der Waals surface area contributed by atoms with E-state index in [9.17, 15) is 4.79 Å². The van der Waals surface area contributed by atoms with Gasteiger partial charge in [-0.15, -0.1) is 0 Å². The van der Waals surface area contributed by atoms with Crippen molar-refractivity contribution >= 4 is 11.8 Å². The van der Waals surface area contributed by atoms with E-state index in [2.05, 4.69) is 24.5 Å². The van der Waals surface area contributed by atoms with Crippen LogP contribution in [-0.4, -0.2) is 17.7 Å². The maximum atomic E-state index is 11.6. The monoisotopic (exact) mass is 264 g/mol. The van der Waals surface area contributed by atoms with Gasteiger partial charge in [0.2, 0.25) is 0 Å². The molecular formula is C15H24N2O2. The summed E-state index contributed by atoms with van der Waals surface area (Å²) >= 11 is 0. The van der Waals surface area contributed by atoms with E-state index in [0.717, 1.165) is 12.2 Å². The molecule has 0 aliphatic rings. The predicted molar refractivity (Wildman–Crippen MR) is 78.3 cm³/mol. The Labute approximate surface area is 115 Å². The summed E-state index contributed by atoms with van der Waals surface area (Å²) in [5.74, 6) is 0. The number of nitrogens with one attached hydrogen (secondary N) is 2. The van der Waals surface area contributed by atoms with Crippen LogP contribution in [0.5, 0.6) is 0 Å². The standard InChI is InChI=1S/C15H24N2O2/c1-11(2)16-10-12-6-8-13(9-7-12)17-14(18)19-15(3,4)5/h6-9,11,16H,10H2,1-5H3,(H,17,18). The first-order valence-electron chi connectivity index (χ1n) is 6.58. The van der Waals surface area contributed by atoms with Crippen molar-refractivity contribution in [3.05, 3.63) is 29.8 Å². The quantitative estimate of drug-likeness (QED) is 0.874. The van der Waals surface area contributed by atoms with Crippen LogP contribution < -0.4 is 10.6 Å². The van der Waals surface area contributed by atoms with E-state index < -0.39 is 11.7 Å². The van der Waals surface area contributed by atoms with Crippen LogP contribution in [0, 0.1) is 0 Å². The molecule has 0 unspecified atom stereocenters. The fourth-order valence-electron chi connectivity index (χ4n) is 1.45. The molecule has 0 aromatic heterocycles. The molecule has 1 aromatic carbocycles. The summed E-state index contributed by atoms with van der Waals surface area (Å²) in [6.07, 6.45) is -0.430. The topological polar surface area (TPSA) is 50.4 Å². The van der Waals surface area contributed by atoms with Crippen LogP contribution in [0.1, 0.15) is 40.2 Å². The second-order valence-electron chi connectivity index (χ2n) is 5.86. The first-order valence-corrected chi connectivity index (χ1v) is 6.58. The average molecular weight is 264 g/mol. The van der Waals surface area contributed by atoms with E-state index in [0.29, 0.717) is 6.04 Å². The molecular weight excluding hydrogens is 240 g/mol. The van der Waals surface area contributed by atoms with Gasteiger partial charge < -0.3 is 10.1 Å². The molecule has 0 heterocycles. The van der Waals surface area contributed by atoms with Gasteiger partial charge in [-0.25, -0.2) is 4.79 Å². The average Bonchev–Trinajstić information content (AvgIpc) is 2.25. The zero-order valence-corrected chi connectivity index (χ0v) is 12.4. The van der Waals surface area contributed by atoms with E-state index in [4.69, 9.17) is 4.74 Å². The Balaban J connectivity index is 2.50. The smallest absolute Gasteiger partial charge is 0.412 e. The molecule has 106 valence electrons. The Hall–Kier alpha value is -1.55. The van der Waals surface area contributed by atoms with Gasteiger partial charge in [0.25, 0.3) is 0 Å². The van der Waals surface area contributed by atoms with Gasteiger partial charge in [-0.1, -0.05) is 26.0 Å². The summed E-state index contributed by atoms with van der Waals surface area (Å²) in [5, 5.41) is 6.05. The molecule has 0 saturated carbocycles. The second kappa shape index (κ2) is 6.57. The van der Waals surface area contributed by atoms with Crippen LogP contribution in [0.2, 0.25) is 0 Å². The van der Waals surface area contributed by atoms with E-state index in [-0.39, 0.29) is 0 Å². The molecule has 0 saturated heterocycles. The van der Waals surface area contributed by atoms with Gasteiger partial charge in [0, 0.05) is 18.3 Å². The summed E-state index contributed by atoms with van der Waals surface area (Å²) in [5.41, 5.74) is 1.44. The highest BCUT2D eigenvalue weighted by Crippen LogP contribution is 2.13. The van der Waals surface area contributed by atoms with Crippen molar-refractivity contribution in [1.29, 1.82) is 0 Å². The van der Waals surface area contributed by atoms with Crippen molar-refractivity contribution in [2.24, 2.45) is 0 Å². The highest BCUT2D eigenvalue weighted by atomic mass is 16.6. The van der Waals surface area contributed by atoms with Crippen molar-refractivity contribution < 1.29 is 9.53 Å². The van der Waals surface area contributed by atoms with Crippen molar-refractivity contribution in [3.63, 3.8) is 0 Å². The molecule has 1 aromatic rings. The Kier molecular flexibility index (Phi) is 5.36. The van der Waals surface area contributed by atoms with Crippen molar-refractivity contribution in [2.45, 2.75) is 52.8 Å². The lowest BCUT2D eigenvalue weighted by atomic mass is 10.2. The number of benzene rings is 1. The largest absolute Gasteiger partial charge is 0.444 e. The van der Waals surface area contributed by atoms with Gasteiger partial charge in [-0.3, -0.25) is 5.32 Å². The highest BCUT2D eigenvalue weighted by Gasteiger charge is 2.15.